The average molecular weight is 587 g/mol. The standard InChI is InChI=1S/C38H34O6/c1-5-21-43-37-31(23-27(25-35(37)41-3)17-19-33(39)29-13-9-7-10-14-29)32-24-28(26-36(42-4)38(32)44-22-6-2)18-20-34(40)30-15-11-8-12-16-30/h5-20,23-26H,1-2,21-22H2,3-4H3/b19-17+,20-18+. The Labute approximate surface area is 258 Å². The zero-order chi connectivity index (χ0) is 31.3. The molecule has 0 heterocycles. The SMILES string of the molecule is C=CCOc1c(OC)cc(/C=C/C(=O)c2ccccc2)cc1-c1cc(/C=C/C(=O)c2ccccc2)cc(OC)c1OCC=C. The van der Waals surface area contributed by atoms with Crippen molar-refractivity contribution in [1.29, 1.82) is 0 Å². The first kappa shape index (κ1) is 31.3. The Morgan fingerprint density at radius 1 is 0.614 bits per heavy atom. The molecule has 0 saturated carbocycles. The predicted molar refractivity (Wildman–Crippen MR) is 176 cm³/mol. The van der Waals surface area contributed by atoms with Gasteiger partial charge in [-0.1, -0.05) is 98.1 Å². The molecular weight excluding hydrogens is 552 g/mol. The van der Waals surface area contributed by atoms with Crippen molar-refractivity contribution in [3.8, 4) is 34.1 Å². The Morgan fingerprint density at radius 3 is 1.34 bits per heavy atom. The number of hydrogen-bond acceptors (Lipinski definition) is 6. The fraction of sp³-hybridized carbons (Fsp3) is 0.105. The number of benzene rings is 4. The van der Waals surface area contributed by atoms with Crippen molar-refractivity contribution in [2.45, 2.75) is 0 Å². The lowest BCUT2D eigenvalue weighted by molar-refractivity contribution is 0.103. The maximum absolute atomic E-state index is 12.8. The third kappa shape index (κ3) is 7.81. The Bertz CT molecular complexity index is 1560. The van der Waals surface area contributed by atoms with Crippen molar-refractivity contribution in [1.82, 2.24) is 0 Å². The second-order valence-electron chi connectivity index (χ2n) is 9.53. The van der Waals surface area contributed by atoms with Crippen molar-refractivity contribution in [3.63, 3.8) is 0 Å². The minimum Gasteiger partial charge on any atom is -0.493 e. The monoisotopic (exact) mass is 586 g/mol. The molecule has 0 spiro atoms. The summed E-state index contributed by atoms with van der Waals surface area (Å²) < 4.78 is 23.7. The summed E-state index contributed by atoms with van der Waals surface area (Å²) >= 11 is 0. The lowest BCUT2D eigenvalue weighted by Gasteiger charge is -2.20. The summed E-state index contributed by atoms with van der Waals surface area (Å²) in [6, 6.07) is 25.4. The Balaban J connectivity index is 1.88. The van der Waals surface area contributed by atoms with Gasteiger partial charge in [-0.2, -0.15) is 0 Å². The molecule has 0 bridgehead atoms. The van der Waals surface area contributed by atoms with Crippen molar-refractivity contribution >= 4 is 23.7 Å². The van der Waals surface area contributed by atoms with Gasteiger partial charge in [-0.25, -0.2) is 0 Å². The molecule has 0 atom stereocenters. The zero-order valence-corrected chi connectivity index (χ0v) is 24.8. The average Bonchev–Trinajstić information content (AvgIpc) is 3.08. The molecule has 44 heavy (non-hydrogen) atoms. The second-order valence-corrected chi connectivity index (χ2v) is 9.53. The van der Waals surface area contributed by atoms with Crippen molar-refractivity contribution in [2.75, 3.05) is 27.4 Å². The fourth-order valence-corrected chi connectivity index (χ4v) is 4.47. The molecule has 4 aromatic carbocycles. The quantitative estimate of drug-likeness (QED) is 0.0793. The van der Waals surface area contributed by atoms with E-state index in [4.69, 9.17) is 18.9 Å². The molecule has 6 nitrogen and oxygen atoms in total. The maximum Gasteiger partial charge on any atom is 0.185 e. The smallest absolute Gasteiger partial charge is 0.185 e. The second kappa shape index (κ2) is 15.6. The van der Waals surface area contributed by atoms with Gasteiger partial charge in [0.1, 0.15) is 13.2 Å². The largest absolute Gasteiger partial charge is 0.493 e. The summed E-state index contributed by atoms with van der Waals surface area (Å²) in [5.74, 6) is 1.53. The van der Waals surface area contributed by atoms with E-state index < -0.39 is 0 Å². The summed E-state index contributed by atoms with van der Waals surface area (Å²) in [6.45, 7) is 8.00. The van der Waals surface area contributed by atoms with Crippen LogP contribution in [0.25, 0.3) is 23.3 Å². The van der Waals surface area contributed by atoms with Crippen LogP contribution in [0.5, 0.6) is 23.0 Å². The summed E-state index contributed by atoms with van der Waals surface area (Å²) in [5, 5.41) is 0. The summed E-state index contributed by atoms with van der Waals surface area (Å²) in [7, 11) is 3.10. The van der Waals surface area contributed by atoms with E-state index >= 15 is 0 Å². The number of ketones is 2. The molecule has 0 fully saturated rings. The van der Waals surface area contributed by atoms with Gasteiger partial charge in [-0.15, -0.1) is 0 Å². The number of carbonyl (C=O) groups excluding carboxylic acids is 2. The van der Waals surface area contributed by atoms with Crippen LogP contribution in [0.3, 0.4) is 0 Å². The Hall–Kier alpha value is -5.62. The molecule has 0 aliphatic carbocycles. The molecular formula is C38H34O6. The third-order valence-corrected chi connectivity index (χ3v) is 6.55. The number of hydrogen-bond donors (Lipinski definition) is 0. The van der Waals surface area contributed by atoms with Crippen molar-refractivity contribution in [3.05, 3.63) is 145 Å². The Kier molecular flexibility index (Phi) is 11.1. The number of rotatable bonds is 15. The maximum atomic E-state index is 12.8. The van der Waals surface area contributed by atoms with Gasteiger partial charge < -0.3 is 18.9 Å². The first-order chi connectivity index (χ1) is 21.5. The van der Waals surface area contributed by atoms with Crippen LogP contribution >= 0.6 is 0 Å². The molecule has 0 aliphatic heterocycles. The number of carbonyl (C=O) groups is 2. The van der Waals surface area contributed by atoms with Crippen LogP contribution in [0.1, 0.15) is 31.8 Å². The third-order valence-electron chi connectivity index (χ3n) is 6.55. The lowest BCUT2D eigenvalue weighted by atomic mass is 9.96. The van der Waals surface area contributed by atoms with E-state index in [-0.39, 0.29) is 24.8 Å². The highest BCUT2D eigenvalue weighted by Crippen LogP contribution is 2.47. The van der Waals surface area contributed by atoms with Crippen LogP contribution in [0, 0.1) is 0 Å². The molecule has 0 aliphatic rings. The molecule has 0 radical (unpaired) electrons. The van der Waals surface area contributed by atoms with E-state index in [1.165, 1.54) is 12.2 Å². The number of allylic oxidation sites excluding steroid dienone is 2. The lowest BCUT2D eigenvalue weighted by Crippen LogP contribution is -2.03. The summed E-state index contributed by atoms with van der Waals surface area (Å²) in [4.78, 5) is 25.7. The van der Waals surface area contributed by atoms with Crippen LogP contribution in [0.15, 0.2) is 122 Å². The molecule has 0 N–H and O–H groups in total. The van der Waals surface area contributed by atoms with Crippen LogP contribution in [0.2, 0.25) is 0 Å². The predicted octanol–water partition coefficient (Wildman–Crippen LogP) is 8.29. The first-order valence-corrected chi connectivity index (χ1v) is 14.0. The molecule has 222 valence electrons. The molecule has 0 unspecified atom stereocenters. The molecule has 4 aromatic rings. The highest BCUT2D eigenvalue weighted by atomic mass is 16.5. The highest BCUT2D eigenvalue weighted by molar-refractivity contribution is 6.07. The van der Waals surface area contributed by atoms with Gasteiger partial charge in [0.05, 0.1) is 14.2 Å². The Morgan fingerprint density at radius 2 is 1.00 bits per heavy atom. The van der Waals surface area contributed by atoms with Crippen LogP contribution in [0.4, 0.5) is 0 Å². The van der Waals surface area contributed by atoms with Gasteiger partial charge in [0.25, 0.3) is 0 Å². The number of methoxy groups -OCH3 is 2. The van der Waals surface area contributed by atoms with Gasteiger partial charge in [0.2, 0.25) is 0 Å². The van der Waals surface area contributed by atoms with E-state index in [0.717, 1.165) is 0 Å². The van der Waals surface area contributed by atoms with Crippen molar-refractivity contribution < 1.29 is 28.5 Å². The molecule has 0 aromatic heterocycles. The van der Waals surface area contributed by atoms with Gasteiger partial charge in [-0.05, 0) is 47.5 Å². The zero-order valence-electron chi connectivity index (χ0n) is 24.8. The fourth-order valence-electron chi connectivity index (χ4n) is 4.47. The van der Waals surface area contributed by atoms with Crippen LogP contribution in [-0.4, -0.2) is 39.0 Å². The van der Waals surface area contributed by atoms with E-state index in [1.54, 1.807) is 74.9 Å². The van der Waals surface area contributed by atoms with E-state index in [2.05, 4.69) is 13.2 Å². The van der Waals surface area contributed by atoms with Crippen LogP contribution in [-0.2, 0) is 0 Å². The summed E-state index contributed by atoms with van der Waals surface area (Å²) in [6.07, 6.45) is 9.76. The van der Waals surface area contributed by atoms with Crippen LogP contribution < -0.4 is 18.9 Å². The molecule has 4 rings (SSSR count). The molecule has 0 amide bonds. The topological polar surface area (TPSA) is 71.1 Å². The van der Waals surface area contributed by atoms with Gasteiger partial charge in [0.15, 0.2) is 34.6 Å². The molecule has 6 heteroatoms. The minimum atomic E-state index is -0.134. The van der Waals surface area contributed by atoms with Gasteiger partial charge in [-0.3, -0.25) is 9.59 Å². The summed E-state index contributed by atoms with van der Waals surface area (Å²) in [5.41, 5.74) is 3.80. The first-order valence-electron chi connectivity index (χ1n) is 14.0. The highest BCUT2D eigenvalue weighted by Gasteiger charge is 2.21. The van der Waals surface area contributed by atoms with Gasteiger partial charge >= 0.3 is 0 Å². The van der Waals surface area contributed by atoms with E-state index in [0.29, 0.717) is 56.4 Å². The number of ether oxygens (including phenoxy) is 4. The van der Waals surface area contributed by atoms with Crippen molar-refractivity contribution in [2.24, 2.45) is 0 Å². The minimum absolute atomic E-state index is 0.134. The van der Waals surface area contributed by atoms with E-state index in [1.807, 2.05) is 48.5 Å². The molecule has 0 saturated heterocycles. The van der Waals surface area contributed by atoms with E-state index in [9.17, 15) is 9.59 Å². The van der Waals surface area contributed by atoms with Gasteiger partial charge in [0, 0.05) is 22.3 Å². The normalized spacial score (nSPS) is 10.9.